The fourth-order valence-electron chi connectivity index (χ4n) is 14.0. The van der Waals surface area contributed by atoms with Crippen molar-refractivity contribution >= 4 is 41.5 Å². The number of rotatable bonds is 6. The predicted octanol–water partition coefficient (Wildman–Crippen LogP) is 17.8. The number of hydrogen-bond acceptors (Lipinski definition) is 4. The quantitative estimate of drug-likeness (QED) is 0.167. The Hall–Kier alpha value is -6.66. The smallest absolute Gasteiger partial charge is 0.164 e. The fourth-order valence-corrected chi connectivity index (χ4v) is 17.7. The molecule has 10 aromatic rings. The Kier molecular flexibility index (Phi) is 9.61. The molecule has 5 atom stereocenters. The summed E-state index contributed by atoms with van der Waals surface area (Å²) >= 11 is 1.86. The third-order valence-electron chi connectivity index (χ3n) is 17.2. The van der Waals surface area contributed by atoms with Gasteiger partial charge in [-0.3, -0.25) is 0 Å². The lowest BCUT2D eigenvalue weighted by Crippen LogP contribution is -2.49. The molecular formula is C65H55N3S2. The second-order valence-electron chi connectivity index (χ2n) is 21.1. The average Bonchev–Trinajstić information content (AvgIpc) is 4.01. The summed E-state index contributed by atoms with van der Waals surface area (Å²) in [6.07, 6.45) is 11.5. The maximum atomic E-state index is 5.46. The van der Waals surface area contributed by atoms with Crippen molar-refractivity contribution in [3.8, 4) is 78.7 Å². The van der Waals surface area contributed by atoms with Crippen LogP contribution in [0.5, 0.6) is 0 Å². The molecule has 1 aliphatic heterocycles. The Bertz CT molecular complexity index is 3740. The molecule has 0 N–H and O–H groups in total. The molecule has 342 valence electrons. The second kappa shape index (κ2) is 15.9. The SMILES string of the molecule is CCC1CC2CC(C)C3(c4ccccc4-c4cc(-c5nc(-c6ccccc6)nc(-c6ccc(-c7ccc8c(c7)sc7ccccc78)cc6)n5)cc(-c5ccc6c(c5)S(C)(C)c5ccccc5-6)c43)C(C1)C2. The highest BCUT2D eigenvalue weighted by molar-refractivity contribution is 8.33. The fraction of sp³-hybridized carbons (Fsp3) is 0.215. The van der Waals surface area contributed by atoms with Gasteiger partial charge < -0.3 is 0 Å². The molecule has 2 fully saturated rings. The highest BCUT2D eigenvalue weighted by Gasteiger charge is 2.57. The van der Waals surface area contributed by atoms with E-state index >= 15 is 0 Å². The maximum Gasteiger partial charge on any atom is 0.164 e. The van der Waals surface area contributed by atoms with Crippen LogP contribution >= 0.6 is 21.4 Å². The third kappa shape index (κ3) is 6.30. The summed E-state index contributed by atoms with van der Waals surface area (Å²) in [7, 11) is -1.24. The normalized spacial score (nSPS) is 21.9. The van der Waals surface area contributed by atoms with Crippen LogP contribution in [0.3, 0.4) is 0 Å². The minimum atomic E-state index is -1.24. The van der Waals surface area contributed by atoms with Gasteiger partial charge in [0.1, 0.15) is 0 Å². The maximum absolute atomic E-state index is 5.46. The van der Waals surface area contributed by atoms with Crippen LogP contribution in [-0.2, 0) is 5.41 Å². The van der Waals surface area contributed by atoms with Crippen LogP contribution in [0.1, 0.15) is 57.1 Å². The van der Waals surface area contributed by atoms with Crippen LogP contribution in [0.15, 0.2) is 186 Å². The van der Waals surface area contributed by atoms with Crippen molar-refractivity contribution in [2.24, 2.45) is 23.7 Å². The van der Waals surface area contributed by atoms with E-state index in [-0.39, 0.29) is 5.41 Å². The van der Waals surface area contributed by atoms with Crippen LogP contribution in [0, 0.1) is 23.7 Å². The summed E-state index contributed by atoms with van der Waals surface area (Å²) in [5.74, 6) is 4.71. The summed E-state index contributed by atoms with van der Waals surface area (Å²) in [6, 6.07) is 65.8. The van der Waals surface area contributed by atoms with Crippen LogP contribution in [-0.4, -0.2) is 27.5 Å². The molecule has 8 aromatic carbocycles. The topological polar surface area (TPSA) is 38.7 Å². The lowest BCUT2D eigenvalue weighted by Gasteiger charge is -2.55. The first-order valence-electron chi connectivity index (χ1n) is 25.4. The van der Waals surface area contributed by atoms with E-state index in [0.29, 0.717) is 29.3 Å². The van der Waals surface area contributed by atoms with Gasteiger partial charge in [0.2, 0.25) is 0 Å². The van der Waals surface area contributed by atoms with Gasteiger partial charge in [-0.05, 0) is 154 Å². The Morgan fingerprint density at radius 2 is 1.11 bits per heavy atom. The zero-order valence-electron chi connectivity index (χ0n) is 40.2. The number of hydrogen-bond donors (Lipinski definition) is 0. The van der Waals surface area contributed by atoms with E-state index in [1.54, 1.807) is 0 Å². The number of fused-ring (bicyclic) bond motifs is 14. The van der Waals surface area contributed by atoms with Crippen LogP contribution < -0.4 is 0 Å². The summed E-state index contributed by atoms with van der Waals surface area (Å²) in [6.45, 7) is 5.02. The first-order chi connectivity index (χ1) is 34.3. The molecule has 2 bridgehead atoms. The third-order valence-corrected chi connectivity index (χ3v) is 21.2. The van der Waals surface area contributed by atoms with Crippen molar-refractivity contribution in [1.82, 2.24) is 15.0 Å². The van der Waals surface area contributed by atoms with Crippen molar-refractivity contribution in [3.63, 3.8) is 0 Å². The predicted molar refractivity (Wildman–Crippen MR) is 296 cm³/mol. The summed E-state index contributed by atoms with van der Waals surface area (Å²) in [4.78, 5) is 19.1. The van der Waals surface area contributed by atoms with Gasteiger partial charge >= 0.3 is 0 Å². The van der Waals surface area contributed by atoms with Crippen LogP contribution in [0.25, 0.3) is 98.8 Å². The molecule has 3 aliphatic carbocycles. The number of nitrogens with zero attached hydrogens (tertiary/aromatic N) is 3. The zero-order valence-corrected chi connectivity index (χ0v) is 41.9. The lowest BCUT2D eigenvalue weighted by molar-refractivity contribution is 0.0371. The zero-order chi connectivity index (χ0) is 46.9. The van der Waals surface area contributed by atoms with E-state index in [1.165, 1.54) is 118 Å². The summed E-state index contributed by atoms with van der Waals surface area (Å²) in [5.41, 5.74) is 16.5. The first-order valence-corrected chi connectivity index (χ1v) is 28.6. The molecule has 3 heterocycles. The highest BCUT2D eigenvalue weighted by atomic mass is 32.3. The Morgan fingerprint density at radius 1 is 0.486 bits per heavy atom. The summed E-state index contributed by atoms with van der Waals surface area (Å²) in [5, 5.41) is 2.64. The van der Waals surface area contributed by atoms with Crippen molar-refractivity contribution in [3.05, 3.63) is 187 Å². The molecule has 0 saturated heterocycles. The monoisotopic (exact) mass is 941 g/mol. The van der Waals surface area contributed by atoms with Gasteiger partial charge in [0.05, 0.1) is 0 Å². The van der Waals surface area contributed by atoms with E-state index in [2.05, 4.69) is 202 Å². The molecule has 70 heavy (non-hydrogen) atoms. The molecule has 5 unspecified atom stereocenters. The van der Waals surface area contributed by atoms with E-state index in [0.717, 1.165) is 28.5 Å². The molecule has 4 aliphatic rings. The van der Waals surface area contributed by atoms with E-state index in [4.69, 9.17) is 15.0 Å². The van der Waals surface area contributed by atoms with Crippen molar-refractivity contribution < 1.29 is 0 Å². The van der Waals surface area contributed by atoms with Gasteiger partial charge in [-0.1, -0.05) is 160 Å². The number of thiophene rings is 1. The van der Waals surface area contributed by atoms with Gasteiger partial charge in [-0.2, -0.15) is 10.0 Å². The number of aromatic nitrogens is 3. The minimum absolute atomic E-state index is 0.0861. The molecule has 2 saturated carbocycles. The van der Waals surface area contributed by atoms with Gasteiger partial charge in [0, 0.05) is 52.1 Å². The largest absolute Gasteiger partial charge is 0.208 e. The van der Waals surface area contributed by atoms with E-state index in [9.17, 15) is 0 Å². The second-order valence-corrected chi connectivity index (χ2v) is 25.8. The van der Waals surface area contributed by atoms with Gasteiger partial charge in [-0.25, -0.2) is 15.0 Å². The van der Waals surface area contributed by atoms with E-state index < -0.39 is 10.0 Å². The average molecular weight is 942 g/mol. The molecule has 0 radical (unpaired) electrons. The molecule has 2 aromatic heterocycles. The van der Waals surface area contributed by atoms with Crippen LogP contribution in [0.2, 0.25) is 0 Å². The van der Waals surface area contributed by atoms with Gasteiger partial charge in [0.25, 0.3) is 0 Å². The van der Waals surface area contributed by atoms with E-state index in [1.807, 2.05) is 11.3 Å². The Labute approximate surface area is 417 Å². The molecule has 14 rings (SSSR count). The van der Waals surface area contributed by atoms with Gasteiger partial charge in [0.15, 0.2) is 17.5 Å². The standard InChI is InChI=1S/C65H55N3S2/c1-5-40-32-41-31-39(2)65(48(33-40)34-41)56-20-12-9-17-49(56)55-36-47(35-54(61(55)65)46-28-30-53-52-19-11-14-22-59(52)70(3,4)60(53)38-46)64-67-62(43-15-7-6-8-16-43)66-63(68-64)44-25-23-42(24-26-44)45-27-29-51-50-18-10-13-21-57(50)69-58(51)37-45/h6-30,35-41,48H,5,31-34H2,1-4H3. The lowest BCUT2D eigenvalue weighted by atomic mass is 9.48. The Balaban J connectivity index is 0.967. The molecule has 5 heteroatoms. The molecular weight excluding hydrogens is 887 g/mol. The van der Waals surface area contributed by atoms with Crippen molar-refractivity contribution in [1.29, 1.82) is 0 Å². The number of benzene rings is 8. The minimum Gasteiger partial charge on any atom is -0.208 e. The molecule has 0 amide bonds. The molecule has 1 spiro atoms. The van der Waals surface area contributed by atoms with Crippen molar-refractivity contribution in [2.45, 2.75) is 61.2 Å². The van der Waals surface area contributed by atoms with Crippen molar-refractivity contribution in [2.75, 3.05) is 12.5 Å². The van der Waals surface area contributed by atoms with Gasteiger partial charge in [-0.15, -0.1) is 11.3 Å². The first kappa shape index (κ1) is 42.2. The highest BCUT2D eigenvalue weighted by Crippen LogP contribution is 2.69. The van der Waals surface area contributed by atoms with Crippen LogP contribution in [0.4, 0.5) is 0 Å². The summed E-state index contributed by atoms with van der Waals surface area (Å²) < 4.78 is 2.63. The Morgan fingerprint density at radius 3 is 1.93 bits per heavy atom. The molecule has 3 nitrogen and oxygen atoms in total.